The normalized spacial score (nSPS) is 20.2. The molecule has 0 aromatic carbocycles. The molecule has 1 aliphatic carbocycles. The van der Waals surface area contributed by atoms with E-state index in [0.717, 1.165) is 12.8 Å². The summed E-state index contributed by atoms with van der Waals surface area (Å²) in [6.07, 6.45) is 6.10. The highest BCUT2D eigenvalue weighted by Gasteiger charge is 2.14. The van der Waals surface area contributed by atoms with Gasteiger partial charge in [0.1, 0.15) is 0 Å². The van der Waals surface area contributed by atoms with E-state index in [4.69, 9.17) is 5.73 Å². The van der Waals surface area contributed by atoms with E-state index in [1.54, 1.807) is 0 Å². The molecule has 0 amide bonds. The Morgan fingerprint density at radius 2 is 2.24 bits per heavy atom. The lowest BCUT2D eigenvalue weighted by molar-refractivity contribution is 0.441. The molecule has 0 spiro atoms. The monoisotopic (exact) mass is 237 g/mol. The topological polar surface area (TPSA) is 105 Å². The Morgan fingerprint density at radius 3 is 2.88 bits per heavy atom. The fourth-order valence-corrected chi connectivity index (χ4v) is 2.08. The number of hydrogen-bond acceptors (Lipinski definition) is 4. The van der Waals surface area contributed by atoms with Crippen LogP contribution in [0, 0.1) is 0 Å². The van der Waals surface area contributed by atoms with Crippen LogP contribution in [-0.2, 0) is 0 Å². The average molecular weight is 237 g/mol. The maximum atomic E-state index is 5.86. The van der Waals surface area contributed by atoms with Gasteiger partial charge in [0.15, 0.2) is 11.8 Å². The van der Waals surface area contributed by atoms with Crippen LogP contribution in [0.2, 0.25) is 0 Å². The molecular weight excluding hydrogens is 218 g/mol. The Hall–Kier alpha value is -1.66. The largest absolute Gasteiger partial charge is 0.370 e. The van der Waals surface area contributed by atoms with Crippen LogP contribution in [-0.4, -0.2) is 32.6 Å². The van der Waals surface area contributed by atoms with Gasteiger partial charge in [-0.05, 0) is 19.8 Å². The summed E-state index contributed by atoms with van der Waals surface area (Å²) in [5, 5.41) is 16.8. The summed E-state index contributed by atoms with van der Waals surface area (Å²) < 4.78 is 0. The summed E-state index contributed by atoms with van der Waals surface area (Å²) in [7, 11) is 0. The number of nitrogens with two attached hydrogens (primary N) is 1. The Kier molecular flexibility index (Phi) is 3.89. The number of aromatic nitrogens is 4. The second-order valence-corrected chi connectivity index (χ2v) is 4.44. The van der Waals surface area contributed by atoms with Gasteiger partial charge in [-0.2, -0.15) is 5.21 Å². The van der Waals surface area contributed by atoms with Gasteiger partial charge in [0.2, 0.25) is 0 Å². The molecule has 0 aliphatic heterocycles. The number of guanidine groups is 1. The summed E-state index contributed by atoms with van der Waals surface area (Å²) in [5.74, 6) is 1.06. The van der Waals surface area contributed by atoms with Crippen molar-refractivity contribution in [3.05, 3.63) is 5.82 Å². The lowest BCUT2D eigenvalue weighted by Gasteiger charge is -2.19. The van der Waals surface area contributed by atoms with Crippen molar-refractivity contribution >= 4 is 5.96 Å². The molecule has 1 aromatic heterocycles. The number of nitrogens with one attached hydrogen (secondary N) is 2. The zero-order valence-electron chi connectivity index (χ0n) is 10.1. The molecule has 94 valence electrons. The van der Waals surface area contributed by atoms with Crippen molar-refractivity contribution in [3.63, 3.8) is 0 Å². The fraction of sp³-hybridized carbons (Fsp3) is 0.800. The second-order valence-electron chi connectivity index (χ2n) is 4.44. The number of tetrazole rings is 1. The summed E-state index contributed by atoms with van der Waals surface area (Å²) in [5.41, 5.74) is 5.86. The highest BCUT2D eigenvalue weighted by atomic mass is 15.5. The summed E-state index contributed by atoms with van der Waals surface area (Å²) in [6, 6.07) is 0.287. The lowest BCUT2D eigenvalue weighted by Crippen LogP contribution is -2.35. The first kappa shape index (κ1) is 11.8. The Labute approximate surface area is 100 Å². The van der Waals surface area contributed by atoms with Crippen molar-refractivity contribution in [1.82, 2.24) is 25.9 Å². The van der Waals surface area contributed by atoms with Crippen LogP contribution in [0.1, 0.15) is 50.9 Å². The second kappa shape index (κ2) is 5.60. The molecule has 1 unspecified atom stereocenters. The summed E-state index contributed by atoms with van der Waals surface area (Å²) in [4.78, 5) is 4.48. The van der Waals surface area contributed by atoms with Gasteiger partial charge in [-0.3, -0.25) is 4.99 Å². The van der Waals surface area contributed by atoms with Crippen molar-refractivity contribution in [2.45, 2.75) is 51.1 Å². The standard InChI is InChI=1S/C10H19N7/c1-7(9-14-16-17-15-9)12-10(11)13-8-5-3-2-4-6-8/h7-8H,2-6H2,1H3,(H3,11,12,13)(H,14,15,16,17). The van der Waals surface area contributed by atoms with E-state index >= 15 is 0 Å². The number of aromatic amines is 1. The number of aliphatic imine (C=N–C) groups is 1. The minimum absolute atomic E-state index is 0.0823. The van der Waals surface area contributed by atoms with Gasteiger partial charge in [-0.25, -0.2) is 0 Å². The molecule has 1 aromatic rings. The molecule has 2 rings (SSSR count). The summed E-state index contributed by atoms with van der Waals surface area (Å²) >= 11 is 0. The number of H-pyrrole nitrogens is 1. The smallest absolute Gasteiger partial charge is 0.196 e. The van der Waals surface area contributed by atoms with Crippen molar-refractivity contribution in [1.29, 1.82) is 0 Å². The van der Waals surface area contributed by atoms with Gasteiger partial charge in [0.05, 0.1) is 12.1 Å². The molecule has 17 heavy (non-hydrogen) atoms. The zero-order chi connectivity index (χ0) is 12.1. The SMILES string of the molecule is CC(NC(N)=NC1CCCCC1)c1nn[nH]n1. The van der Waals surface area contributed by atoms with Gasteiger partial charge >= 0.3 is 0 Å². The van der Waals surface area contributed by atoms with Crippen LogP contribution in [0.3, 0.4) is 0 Å². The Balaban J connectivity index is 1.87. The van der Waals surface area contributed by atoms with Crippen LogP contribution >= 0.6 is 0 Å². The highest BCUT2D eigenvalue weighted by Crippen LogP contribution is 2.20. The van der Waals surface area contributed by atoms with E-state index in [1.165, 1.54) is 19.3 Å². The molecule has 1 saturated carbocycles. The molecule has 4 N–H and O–H groups in total. The third-order valence-corrected chi connectivity index (χ3v) is 3.01. The fourth-order valence-electron chi connectivity index (χ4n) is 2.08. The average Bonchev–Trinajstić information content (AvgIpc) is 2.83. The van der Waals surface area contributed by atoms with Gasteiger partial charge in [-0.1, -0.05) is 24.5 Å². The van der Waals surface area contributed by atoms with E-state index < -0.39 is 0 Å². The first-order valence-electron chi connectivity index (χ1n) is 6.09. The third kappa shape index (κ3) is 3.40. The molecule has 1 fully saturated rings. The molecule has 1 heterocycles. The zero-order valence-corrected chi connectivity index (χ0v) is 10.1. The molecule has 0 radical (unpaired) electrons. The maximum Gasteiger partial charge on any atom is 0.196 e. The van der Waals surface area contributed by atoms with Crippen molar-refractivity contribution in [3.8, 4) is 0 Å². The van der Waals surface area contributed by atoms with Crippen LogP contribution in [0.15, 0.2) is 4.99 Å². The van der Waals surface area contributed by atoms with Gasteiger partial charge in [0.25, 0.3) is 0 Å². The Bertz CT molecular complexity index is 353. The molecule has 7 nitrogen and oxygen atoms in total. The van der Waals surface area contributed by atoms with E-state index in [0.29, 0.717) is 17.8 Å². The number of nitrogens with zero attached hydrogens (tertiary/aromatic N) is 4. The van der Waals surface area contributed by atoms with Gasteiger partial charge < -0.3 is 11.1 Å². The highest BCUT2D eigenvalue weighted by molar-refractivity contribution is 5.78. The van der Waals surface area contributed by atoms with E-state index in [2.05, 4.69) is 30.9 Å². The van der Waals surface area contributed by atoms with Crippen molar-refractivity contribution < 1.29 is 0 Å². The van der Waals surface area contributed by atoms with Gasteiger partial charge in [-0.15, -0.1) is 10.2 Å². The molecular formula is C10H19N7. The number of hydrogen-bond donors (Lipinski definition) is 3. The van der Waals surface area contributed by atoms with Crippen LogP contribution < -0.4 is 11.1 Å². The predicted molar refractivity (Wildman–Crippen MR) is 64.2 cm³/mol. The molecule has 0 bridgehead atoms. The maximum absolute atomic E-state index is 5.86. The van der Waals surface area contributed by atoms with Crippen LogP contribution in [0.25, 0.3) is 0 Å². The minimum Gasteiger partial charge on any atom is -0.370 e. The molecule has 1 atom stereocenters. The first-order chi connectivity index (χ1) is 8.25. The van der Waals surface area contributed by atoms with E-state index in [1.807, 2.05) is 6.92 Å². The minimum atomic E-state index is -0.0823. The first-order valence-corrected chi connectivity index (χ1v) is 6.09. The van der Waals surface area contributed by atoms with Crippen molar-refractivity contribution in [2.24, 2.45) is 10.7 Å². The quantitative estimate of drug-likeness (QED) is 0.524. The molecule has 1 aliphatic rings. The third-order valence-electron chi connectivity index (χ3n) is 3.01. The summed E-state index contributed by atoms with van der Waals surface area (Å²) in [6.45, 7) is 1.92. The van der Waals surface area contributed by atoms with Crippen LogP contribution in [0.4, 0.5) is 0 Å². The predicted octanol–water partition coefficient (Wildman–Crippen LogP) is 0.498. The number of rotatable bonds is 3. The molecule has 0 saturated heterocycles. The molecule has 7 heteroatoms. The van der Waals surface area contributed by atoms with Crippen LogP contribution in [0.5, 0.6) is 0 Å². The Morgan fingerprint density at radius 1 is 1.47 bits per heavy atom. The van der Waals surface area contributed by atoms with Gasteiger partial charge in [0, 0.05) is 0 Å². The lowest BCUT2D eigenvalue weighted by atomic mass is 9.96. The van der Waals surface area contributed by atoms with E-state index in [-0.39, 0.29) is 6.04 Å². The van der Waals surface area contributed by atoms with Crippen molar-refractivity contribution in [2.75, 3.05) is 0 Å². The van der Waals surface area contributed by atoms with E-state index in [9.17, 15) is 0 Å².